The number of hydrogen-bond donors (Lipinski definition) is 3. The van der Waals surface area contributed by atoms with Crippen LogP contribution >= 0.6 is 0 Å². The lowest BCUT2D eigenvalue weighted by Gasteiger charge is -2.52. The number of anilines is 1. The normalized spacial score (nSPS) is 37.8. The van der Waals surface area contributed by atoms with E-state index in [0.717, 1.165) is 51.4 Å². The summed E-state index contributed by atoms with van der Waals surface area (Å²) in [4.78, 5) is 2.14. The molecular weight excluding hydrogens is 410 g/mol. The molecule has 4 aliphatic carbocycles. The molecular formula is C29H41NO3. The van der Waals surface area contributed by atoms with Crippen molar-refractivity contribution in [3.63, 3.8) is 0 Å². The molecule has 2 fully saturated rings. The molecule has 33 heavy (non-hydrogen) atoms. The van der Waals surface area contributed by atoms with Crippen LogP contribution in [0, 0.1) is 23.2 Å². The van der Waals surface area contributed by atoms with Gasteiger partial charge in [0.2, 0.25) is 0 Å². The fourth-order valence-corrected chi connectivity index (χ4v) is 7.87. The maximum atomic E-state index is 11.6. The third kappa shape index (κ3) is 3.88. The van der Waals surface area contributed by atoms with Gasteiger partial charge in [0.25, 0.3) is 0 Å². The molecule has 2 saturated carbocycles. The molecule has 0 bridgehead atoms. The lowest BCUT2D eigenvalue weighted by Crippen LogP contribution is -2.45. The molecule has 3 N–H and O–H groups in total. The average Bonchev–Trinajstić information content (AvgIpc) is 3.06. The van der Waals surface area contributed by atoms with Crippen LogP contribution in [-0.4, -0.2) is 48.2 Å². The molecule has 0 aromatic heterocycles. The Morgan fingerprint density at radius 3 is 2.52 bits per heavy atom. The van der Waals surface area contributed by atoms with E-state index < -0.39 is 0 Å². The van der Waals surface area contributed by atoms with Gasteiger partial charge in [-0.2, -0.15) is 0 Å². The summed E-state index contributed by atoms with van der Waals surface area (Å²) >= 11 is 0. The Morgan fingerprint density at radius 1 is 1.06 bits per heavy atom. The second kappa shape index (κ2) is 8.87. The molecule has 180 valence electrons. The van der Waals surface area contributed by atoms with Crippen molar-refractivity contribution in [2.24, 2.45) is 23.2 Å². The molecule has 0 saturated heterocycles. The number of aliphatic hydroxyl groups is 3. The molecule has 0 spiro atoms. The number of rotatable bonds is 5. The average molecular weight is 452 g/mol. The van der Waals surface area contributed by atoms with Crippen molar-refractivity contribution in [3.8, 4) is 0 Å². The van der Waals surface area contributed by atoms with Crippen LogP contribution in [0.1, 0.15) is 69.8 Å². The van der Waals surface area contributed by atoms with E-state index >= 15 is 0 Å². The Kier molecular flexibility index (Phi) is 6.22. The molecule has 2 unspecified atom stereocenters. The van der Waals surface area contributed by atoms with Gasteiger partial charge in [0.1, 0.15) is 0 Å². The number of nitrogens with zero attached hydrogens (tertiary/aromatic N) is 1. The van der Waals surface area contributed by atoms with Gasteiger partial charge in [-0.15, -0.1) is 0 Å². The van der Waals surface area contributed by atoms with E-state index in [-0.39, 0.29) is 24.2 Å². The van der Waals surface area contributed by atoms with E-state index in [9.17, 15) is 15.3 Å². The monoisotopic (exact) mass is 451 g/mol. The van der Waals surface area contributed by atoms with Crippen LogP contribution in [0.2, 0.25) is 0 Å². The van der Waals surface area contributed by atoms with Crippen LogP contribution in [0.25, 0.3) is 0 Å². The number of allylic oxidation sites excluding steroid dienone is 3. The van der Waals surface area contributed by atoms with Crippen LogP contribution in [0.3, 0.4) is 0 Å². The Labute approximate surface area is 199 Å². The minimum Gasteiger partial charge on any atom is -0.396 e. The van der Waals surface area contributed by atoms with Gasteiger partial charge in [0.05, 0.1) is 12.2 Å². The summed E-state index contributed by atoms with van der Waals surface area (Å²) in [5.74, 6) is 1.63. The maximum absolute atomic E-state index is 11.6. The van der Waals surface area contributed by atoms with E-state index in [1.54, 1.807) is 5.57 Å². The highest BCUT2D eigenvalue weighted by Gasteiger charge is 2.59. The number of benzene rings is 1. The quantitative estimate of drug-likeness (QED) is 0.602. The van der Waals surface area contributed by atoms with Gasteiger partial charge in [-0.25, -0.2) is 0 Å². The summed E-state index contributed by atoms with van der Waals surface area (Å²) < 4.78 is 0. The highest BCUT2D eigenvalue weighted by atomic mass is 16.3. The SMILES string of the molecule is CN(C)c1ccc([C@H]2C[C@@]3(C)[C@H](O)C(CCCO)C[C@H]3[C@@H]3CCC4=CC(O)CCC4=C32)cc1. The molecule has 4 aliphatic rings. The second-order valence-electron chi connectivity index (χ2n) is 11.5. The van der Waals surface area contributed by atoms with Gasteiger partial charge in [0.15, 0.2) is 0 Å². The molecule has 1 aromatic carbocycles. The Hall–Kier alpha value is -1.62. The Bertz CT molecular complexity index is 933. The number of aliphatic hydroxyl groups excluding tert-OH is 3. The molecule has 4 heteroatoms. The zero-order valence-electron chi connectivity index (χ0n) is 20.5. The minimum absolute atomic E-state index is 0.0882. The van der Waals surface area contributed by atoms with Crippen LogP contribution < -0.4 is 4.90 Å². The van der Waals surface area contributed by atoms with Crippen molar-refractivity contribution in [3.05, 3.63) is 52.6 Å². The highest BCUT2D eigenvalue weighted by molar-refractivity contribution is 5.52. The number of hydrogen-bond acceptors (Lipinski definition) is 4. The van der Waals surface area contributed by atoms with Crippen LogP contribution in [0.4, 0.5) is 5.69 Å². The largest absolute Gasteiger partial charge is 0.396 e. The van der Waals surface area contributed by atoms with Gasteiger partial charge in [0, 0.05) is 32.3 Å². The predicted octanol–water partition coefficient (Wildman–Crippen LogP) is 4.80. The zero-order chi connectivity index (χ0) is 23.3. The third-order valence-corrected chi connectivity index (χ3v) is 9.52. The standard InChI is InChI=1S/C29H41NO3/c1-29-17-25(18-6-9-21(10-7-18)30(2)3)27-23-13-11-22(32)15-19(23)8-12-24(27)26(29)16-20(28(29)33)5-4-14-31/h6-7,9-10,15,20,22,24-26,28,31-33H,4-5,8,11-14,16-17H2,1-3H3/t20?,22?,24-,25+,26-,28+,29+/m0/s1. The summed E-state index contributed by atoms with van der Waals surface area (Å²) in [6.07, 6.45) is 9.27. The van der Waals surface area contributed by atoms with Crippen LogP contribution in [-0.2, 0) is 0 Å². The first-order chi connectivity index (χ1) is 15.8. The molecule has 0 radical (unpaired) electrons. The molecule has 5 rings (SSSR count). The van der Waals surface area contributed by atoms with Crippen molar-refractivity contribution in [1.82, 2.24) is 0 Å². The first-order valence-corrected chi connectivity index (χ1v) is 13.0. The molecule has 4 nitrogen and oxygen atoms in total. The Morgan fingerprint density at radius 2 is 1.82 bits per heavy atom. The van der Waals surface area contributed by atoms with E-state index in [1.807, 2.05) is 0 Å². The first-order valence-electron chi connectivity index (χ1n) is 13.0. The highest BCUT2D eigenvalue weighted by Crippen LogP contribution is 2.65. The molecule has 0 amide bonds. The van der Waals surface area contributed by atoms with Crippen molar-refractivity contribution in [1.29, 1.82) is 0 Å². The topological polar surface area (TPSA) is 63.9 Å². The van der Waals surface area contributed by atoms with Gasteiger partial charge < -0.3 is 20.2 Å². The van der Waals surface area contributed by atoms with Crippen molar-refractivity contribution >= 4 is 5.69 Å². The first kappa shape index (κ1) is 23.1. The zero-order valence-corrected chi connectivity index (χ0v) is 20.5. The summed E-state index contributed by atoms with van der Waals surface area (Å²) in [6, 6.07) is 9.05. The van der Waals surface area contributed by atoms with E-state index in [2.05, 4.69) is 56.3 Å². The fraction of sp³-hybridized carbons (Fsp3) is 0.655. The minimum atomic E-state index is -0.302. The summed E-state index contributed by atoms with van der Waals surface area (Å²) in [7, 11) is 4.16. The van der Waals surface area contributed by atoms with E-state index in [4.69, 9.17) is 0 Å². The Balaban J connectivity index is 1.59. The summed E-state index contributed by atoms with van der Waals surface area (Å²) in [6.45, 7) is 2.56. The van der Waals surface area contributed by atoms with Gasteiger partial charge in [-0.3, -0.25) is 0 Å². The van der Waals surface area contributed by atoms with Crippen LogP contribution in [0.15, 0.2) is 47.1 Å². The third-order valence-electron chi connectivity index (χ3n) is 9.52. The predicted molar refractivity (Wildman–Crippen MR) is 133 cm³/mol. The van der Waals surface area contributed by atoms with Crippen LogP contribution in [0.5, 0.6) is 0 Å². The molecule has 0 heterocycles. The summed E-state index contributed by atoms with van der Waals surface area (Å²) in [5, 5.41) is 31.3. The number of fused-ring (bicyclic) bond motifs is 4. The van der Waals surface area contributed by atoms with Gasteiger partial charge in [-0.1, -0.05) is 30.7 Å². The lowest BCUT2D eigenvalue weighted by atomic mass is 9.53. The molecule has 1 aromatic rings. The van der Waals surface area contributed by atoms with Gasteiger partial charge in [-0.05, 0) is 103 Å². The maximum Gasteiger partial charge on any atom is 0.0729 e. The molecule has 7 atom stereocenters. The molecule has 0 aliphatic heterocycles. The van der Waals surface area contributed by atoms with Gasteiger partial charge >= 0.3 is 0 Å². The smallest absolute Gasteiger partial charge is 0.0729 e. The lowest BCUT2D eigenvalue weighted by molar-refractivity contribution is -0.0184. The van der Waals surface area contributed by atoms with Crippen molar-refractivity contribution in [2.45, 2.75) is 76.4 Å². The van der Waals surface area contributed by atoms with Crippen molar-refractivity contribution < 1.29 is 15.3 Å². The van der Waals surface area contributed by atoms with E-state index in [0.29, 0.717) is 23.7 Å². The van der Waals surface area contributed by atoms with Crippen molar-refractivity contribution in [2.75, 3.05) is 25.6 Å². The van der Waals surface area contributed by atoms with E-state index in [1.165, 1.54) is 22.4 Å². The second-order valence-corrected chi connectivity index (χ2v) is 11.5. The summed E-state index contributed by atoms with van der Waals surface area (Å²) in [5.41, 5.74) is 7.01. The fourth-order valence-electron chi connectivity index (χ4n) is 7.87.